The van der Waals surface area contributed by atoms with Crippen molar-refractivity contribution < 1.29 is 19.9 Å². The zero-order chi connectivity index (χ0) is 19.7. The Bertz CT molecular complexity index is 707. The van der Waals surface area contributed by atoms with Crippen LogP contribution >= 0.6 is 0 Å². The minimum absolute atomic E-state index is 0.0552. The summed E-state index contributed by atoms with van der Waals surface area (Å²) in [6.45, 7) is -0.208. The van der Waals surface area contributed by atoms with Gasteiger partial charge >= 0.3 is 0 Å². The lowest BCUT2D eigenvalue weighted by molar-refractivity contribution is -0.405. The van der Waals surface area contributed by atoms with Crippen LogP contribution in [-0.4, -0.2) is 41.9 Å². The smallest absolute Gasteiger partial charge is 0.148 e. The maximum Gasteiger partial charge on any atom is 0.148 e. The number of aliphatic hydroxyl groups excluding tert-OH is 2. The molecule has 0 aliphatic rings. The van der Waals surface area contributed by atoms with Gasteiger partial charge in [-0.2, -0.15) is 0 Å². The van der Waals surface area contributed by atoms with E-state index < -0.39 is 5.54 Å². The third-order valence-corrected chi connectivity index (χ3v) is 4.45. The molecule has 0 aromatic heterocycles. The van der Waals surface area contributed by atoms with Crippen LogP contribution in [0.4, 0.5) is 0 Å². The molecule has 0 saturated carbocycles. The normalized spacial score (nSPS) is 11.7. The summed E-state index contributed by atoms with van der Waals surface area (Å²) in [5, 5.41) is 20.1. The van der Waals surface area contributed by atoms with Crippen LogP contribution in [0.3, 0.4) is 0 Å². The molecular weight excluding hydrogens is 354 g/mol. The highest BCUT2D eigenvalue weighted by molar-refractivity contribution is 5.48. The van der Waals surface area contributed by atoms with Crippen molar-refractivity contribution in [3.05, 3.63) is 108 Å². The number of hydroxylamine groups is 2. The van der Waals surface area contributed by atoms with Crippen molar-refractivity contribution >= 4 is 0 Å². The Hall–Kier alpha value is -2.54. The molecule has 5 nitrogen and oxygen atoms in total. The van der Waals surface area contributed by atoms with Crippen molar-refractivity contribution in [2.24, 2.45) is 0 Å². The summed E-state index contributed by atoms with van der Waals surface area (Å²) in [6.07, 6.45) is 0. The van der Waals surface area contributed by atoms with E-state index in [2.05, 4.69) is 0 Å². The molecular formula is C23H25NO4. The van der Waals surface area contributed by atoms with Crippen molar-refractivity contribution in [3.63, 3.8) is 0 Å². The molecule has 2 N–H and O–H groups in total. The van der Waals surface area contributed by atoms with Gasteiger partial charge in [0, 0.05) is 0 Å². The van der Waals surface area contributed by atoms with E-state index in [1.54, 1.807) is 0 Å². The lowest BCUT2D eigenvalue weighted by atomic mass is 9.77. The third-order valence-electron chi connectivity index (χ3n) is 4.45. The Labute approximate surface area is 165 Å². The average Bonchev–Trinajstić information content (AvgIpc) is 2.78. The second kappa shape index (κ2) is 10.1. The standard InChI is InChI=1S/C23H25NO4/c25-16-18-27-24(28-19-17-26)23(20-10-4-1-5-11-20,21-12-6-2-7-13-21)22-14-8-3-9-15-22/h1-15,25-26H,16-19H2. The molecule has 0 spiro atoms. The summed E-state index contributed by atoms with van der Waals surface area (Å²) in [4.78, 5) is 11.7. The minimum atomic E-state index is -0.936. The first-order valence-electron chi connectivity index (χ1n) is 9.28. The van der Waals surface area contributed by atoms with Crippen LogP contribution in [0.1, 0.15) is 16.7 Å². The molecule has 0 bridgehead atoms. The molecule has 3 rings (SSSR count). The van der Waals surface area contributed by atoms with Gasteiger partial charge in [-0.3, -0.25) is 9.68 Å². The molecule has 0 fully saturated rings. The van der Waals surface area contributed by atoms with Crippen LogP contribution in [0.5, 0.6) is 0 Å². The largest absolute Gasteiger partial charge is 0.394 e. The third kappa shape index (κ3) is 4.14. The van der Waals surface area contributed by atoms with Gasteiger partial charge in [0.25, 0.3) is 0 Å². The highest BCUT2D eigenvalue weighted by atomic mass is 17.0. The molecule has 0 heterocycles. The van der Waals surface area contributed by atoms with E-state index in [9.17, 15) is 10.2 Å². The van der Waals surface area contributed by atoms with E-state index >= 15 is 0 Å². The van der Waals surface area contributed by atoms with Crippen molar-refractivity contribution in [1.82, 2.24) is 5.23 Å². The first-order chi connectivity index (χ1) is 13.8. The van der Waals surface area contributed by atoms with Crippen LogP contribution in [0.25, 0.3) is 0 Å². The Morgan fingerprint density at radius 1 is 0.571 bits per heavy atom. The minimum Gasteiger partial charge on any atom is -0.394 e. The summed E-state index contributed by atoms with van der Waals surface area (Å²) in [7, 11) is 0. The Balaban J connectivity index is 2.28. The molecule has 0 atom stereocenters. The molecule has 0 saturated heterocycles. The quantitative estimate of drug-likeness (QED) is 0.419. The summed E-state index contributed by atoms with van der Waals surface area (Å²) in [5.41, 5.74) is 1.86. The Morgan fingerprint density at radius 2 is 0.893 bits per heavy atom. The van der Waals surface area contributed by atoms with Crippen LogP contribution in [-0.2, 0) is 15.2 Å². The first kappa shape index (κ1) is 20.2. The van der Waals surface area contributed by atoms with E-state index in [-0.39, 0.29) is 26.4 Å². The highest BCUT2D eigenvalue weighted by Gasteiger charge is 2.44. The molecule has 0 unspecified atom stereocenters. The number of hydrogen-bond acceptors (Lipinski definition) is 5. The van der Waals surface area contributed by atoms with Gasteiger partial charge in [0.15, 0.2) is 0 Å². The van der Waals surface area contributed by atoms with Gasteiger partial charge in [-0.15, -0.1) is 0 Å². The van der Waals surface area contributed by atoms with Crippen molar-refractivity contribution in [1.29, 1.82) is 0 Å². The van der Waals surface area contributed by atoms with Gasteiger partial charge in [0.05, 0.1) is 26.4 Å². The fourth-order valence-electron chi connectivity index (χ4n) is 3.33. The summed E-state index contributed by atoms with van der Waals surface area (Å²) in [5.74, 6) is 0. The van der Waals surface area contributed by atoms with Gasteiger partial charge in [-0.25, -0.2) is 0 Å². The maximum atomic E-state index is 9.36. The maximum absolute atomic E-state index is 9.36. The lowest BCUT2D eigenvalue weighted by Gasteiger charge is -2.42. The molecule has 3 aromatic rings. The predicted octanol–water partition coefficient (Wildman–Crippen LogP) is 3.13. The van der Waals surface area contributed by atoms with E-state index in [1.807, 2.05) is 91.0 Å². The number of rotatable bonds is 10. The second-order valence-corrected chi connectivity index (χ2v) is 6.18. The van der Waals surface area contributed by atoms with Gasteiger partial charge in [-0.1, -0.05) is 91.0 Å². The monoisotopic (exact) mass is 379 g/mol. The molecule has 3 aromatic carbocycles. The lowest BCUT2D eigenvalue weighted by Crippen LogP contribution is -2.48. The highest BCUT2D eigenvalue weighted by Crippen LogP contribution is 2.42. The van der Waals surface area contributed by atoms with E-state index in [4.69, 9.17) is 9.68 Å². The second-order valence-electron chi connectivity index (χ2n) is 6.18. The van der Waals surface area contributed by atoms with Crippen molar-refractivity contribution in [3.8, 4) is 0 Å². The average molecular weight is 379 g/mol. The van der Waals surface area contributed by atoms with E-state index in [0.29, 0.717) is 0 Å². The Morgan fingerprint density at radius 3 is 1.18 bits per heavy atom. The van der Waals surface area contributed by atoms with Crippen molar-refractivity contribution in [2.75, 3.05) is 26.4 Å². The van der Waals surface area contributed by atoms with Gasteiger partial charge in [-0.05, 0) is 21.9 Å². The van der Waals surface area contributed by atoms with Crippen LogP contribution in [0, 0.1) is 0 Å². The van der Waals surface area contributed by atoms with E-state index in [1.165, 1.54) is 5.23 Å². The zero-order valence-corrected chi connectivity index (χ0v) is 15.6. The number of aliphatic hydroxyl groups is 2. The molecule has 0 radical (unpaired) electrons. The number of nitrogens with zero attached hydrogens (tertiary/aromatic N) is 1. The van der Waals surface area contributed by atoms with Crippen LogP contribution in [0.2, 0.25) is 0 Å². The van der Waals surface area contributed by atoms with Crippen LogP contribution in [0.15, 0.2) is 91.0 Å². The Kier molecular flexibility index (Phi) is 7.31. The number of hydrogen-bond donors (Lipinski definition) is 2. The SMILES string of the molecule is OCCON(OCCO)C(c1ccccc1)(c1ccccc1)c1ccccc1. The fourth-order valence-corrected chi connectivity index (χ4v) is 3.33. The summed E-state index contributed by atoms with van der Waals surface area (Å²) >= 11 is 0. The molecule has 0 aliphatic heterocycles. The number of benzene rings is 3. The predicted molar refractivity (Wildman–Crippen MR) is 107 cm³/mol. The zero-order valence-electron chi connectivity index (χ0n) is 15.6. The molecule has 0 amide bonds. The molecule has 28 heavy (non-hydrogen) atoms. The van der Waals surface area contributed by atoms with Crippen LogP contribution < -0.4 is 0 Å². The first-order valence-corrected chi connectivity index (χ1v) is 9.28. The molecule has 0 aliphatic carbocycles. The fraction of sp³-hybridized carbons (Fsp3) is 0.217. The summed E-state index contributed by atoms with van der Waals surface area (Å²) in [6, 6.07) is 29.7. The van der Waals surface area contributed by atoms with E-state index in [0.717, 1.165) is 16.7 Å². The topological polar surface area (TPSA) is 62.2 Å². The molecule has 146 valence electrons. The van der Waals surface area contributed by atoms with Gasteiger partial charge < -0.3 is 10.2 Å². The summed E-state index contributed by atoms with van der Waals surface area (Å²) < 4.78 is 0. The van der Waals surface area contributed by atoms with Crippen molar-refractivity contribution in [2.45, 2.75) is 5.54 Å². The van der Waals surface area contributed by atoms with Gasteiger partial charge in [0.2, 0.25) is 0 Å². The van der Waals surface area contributed by atoms with Gasteiger partial charge in [0.1, 0.15) is 5.54 Å². The molecule has 5 heteroatoms.